The third-order valence-electron chi connectivity index (χ3n) is 4.44. The molecule has 0 heterocycles. The first-order valence-corrected chi connectivity index (χ1v) is 10.1. The molecule has 3 aromatic rings. The number of non-ortho nitro benzene ring substituents is 1. The maximum absolute atomic E-state index is 13.2. The summed E-state index contributed by atoms with van der Waals surface area (Å²) in [5.74, 6) is 1.04. The summed E-state index contributed by atoms with van der Waals surface area (Å²) in [5, 5.41) is 10.9. The average Bonchev–Trinajstić information content (AvgIpc) is 2.81. The lowest BCUT2D eigenvalue weighted by molar-refractivity contribution is -0.384. The van der Waals surface area contributed by atoms with Crippen LogP contribution >= 0.6 is 0 Å². The molecule has 0 N–H and O–H groups in total. The molecule has 0 aliphatic carbocycles. The number of hydrogen-bond acceptors (Lipinski definition) is 6. The van der Waals surface area contributed by atoms with Crippen molar-refractivity contribution in [2.45, 2.75) is 13.8 Å². The van der Waals surface area contributed by atoms with Gasteiger partial charge in [-0.1, -0.05) is 0 Å². The molecule has 8 nitrogen and oxygen atoms in total. The molecule has 3 rings (SSSR count). The second kappa shape index (κ2) is 10.7. The molecule has 8 heteroatoms. The lowest BCUT2D eigenvalue weighted by Crippen LogP contribution is -2.29. The SMILES string of the molecule is CCOc1ccc(N=CN(C(=O)c2ccc([N+](=O)[O-])cc2)c2ccc(OCC)cc2)cc1. The smallest absolute Gasteiger partial charge is 0.269 e. The minimum absolute atomic E-state index is 0.0859. The van der Waals surface area contributed by atoms with Crippen molar-refractivity contribution in [3.63, 3.8) is 0 Å². The highest BCUT2D eigenvalue weighted by molar-refractivity contribution is 6.16. The molecule has 0 fully saturated rings. The van der Waals surface area contributed by atoms with Gasteiger partial charge in [-0.2, -0.15) is 0 Å². The number of amides is 1. The van der Waals surface area contributed by atoms with Crippen LogP contribution in [0.4, 0.5) is 17.1 Å². The number of nitrogens with zero attached hydrogens (tertiary/aromatic N) is 3. The molecule has 0 unspecified atom stereocenters. The minimum atomic E-state index is -0.508. The van der Waals surface area contributed by atoms with Gasteiger partial charge in [-0.3, -0.25) is 19.8 Å². The number of anilines is 1. The zero-order valence-electron chi connectivity index (χ0n) is 17.8. The molecule has 32 heavy (non-hydrogen) atoms. The van der Waals surface area contributed by atoms with Crippen LogP contribution in [-0.4, -0.2) is 30.4 Å². The molecule has 0 aliphatic rings. The van der Waals surface area contributed by atoms with Crippen LogP contribution in [0, 0.1) is 10.1 Å². The normalized spacial score (nSPS) is 10.7. The van der Waals surface area contributed by atoms with Crippen molar-refractivity contribution >= 4 is 29.3 Å². The van der Waals surface area contributed by atoms with E-state index in [1.165, 1.54) is 35.5 Å². The molecule has 0 spiro atoms. The summed E-state index contributed by atoms with van der Waals surface area (Å²) in [6.45, 7) is 4.90. The molecule has 164 valence electrons. The lowest BCUT2D eigenvalue weighted by atomic mass is 10.1. The van der Waals surface area contributed by atoms with Crippen molar-refractivity contribution in [2.75, 3.05) is 18.1 Å². The zero-order valence-corrected chi connectivity index (χ0v) is 17.8. The van der Waals surface area contributed by atoms with Crippen LogP contribution < -0.4 is 14.4 Å². The van der Waals surface area contributed by atoms with Crippen LogP contribution in [0.3, 0.4) is 0 Å². The minimum Gasteiger partial charge on any atom is -0.494 e. The molecule has 0 aromatic heterocycles. The fourth-order valence-electron chi connectivity index (χ4n) is 2.89. The van der Waals surface area contributed by atoms with E-state index in [0.717, 1.165) is 5.75 Å². The van der Waals surface area contributed by atoms with E-state index in [4.69, 9.17) is 9.47 Å². The van der Waals surface area contributed by atoms with Gasteiger partial charge in [0.25, 0.3) is 11.6 Å². The van der Waals surface area contributed by atoms with Crippen LogP contribution in [0.15, 0.2) is 77.8 Å². The van der Waals surface area contributed by atoms with Gasteiger partial charge in [0.2, 0.25) is 0 Å². The Morgan fingerprint density at radius 3 is 1.94 bits per heavy atom. The van der Waals surface area contributed by atoms with E-state index in [2.05, 4.69) is 4.99 Å². The van der Waals surface area contributed by atoms with Crippen LogP contribution in [0.1, 0.15) is 24.2 Å². The summed E-state index contributed by atoms with van der Waals surface area (Å²) < 4.78 is 10.9. The number of carbonyl (C=O) groups excluding carboxylic acids is 1. The number of benzene rings is 3. The molecule has 0 radical (unpaired) electrons. The van der Waals surface area contributed by atoms with Gasteiger partial charge in [0.15, 0.2) is 0 Å². The van der Waals surface area contributed by atoms with Crippen molar-refractivity contribution in [1.82, 2.24) is 0 Å². The van der Waals surface area contributed by atoms with Gasteiger partial charge in [-0.25, -0.2) is 4.99 Å². The summed E-state index contributed by atoms with van der Waals surface area (Å²) in [7, 11) is 0. The van der Waals surface area contributed by atoms with E-state index in [1.54, 1.807) is 48.5 Å². The van der Waals surface area contributed by atoms with Crippen LogP contribution in [0.2, 0.25) is 0 Å². The Morgan fingerprint density at radius 2 is 1.44 bits per heavy atom. The van der Waals surface area contributed by atoms with E-state index in [1.807, 2.05) is 13.8 Å². The van der Waals surface area contributed by atoms with Gasteiger partial charge in [-0.15, -0.1) is 0 Å². The molecule has 0 bridgehead atoms. The zero-order chi connectivity index (χ0) is 22.9. The standard InChI is InChI=1S/C24H23N3O5/c1-3-31-22-13-7-19(8-14-22)25-17-26(20-11-15-23(16-12-20)32-4-2)24(28)18-5-9-21(10-6-18)27(29)30/h5-17H,3-4H2,1-2H3. The fraction of sp³-hybridized carbons (Fsp3) is 0.167. The van der Waals surface area contributed by atoms with Gasteiger partial charge >= 0.3 is 0 Å². The maximum Gasteiger partial charge on any atom is 0.269 e. The quantitative estimate of drug-likeness (QED) is 0.195. The molecular formula is C24H23N3O5. The Morgan fingerprint density at radius 1 is 0.906 bits per heavy atom. The molecule has 0 atom stereocenters. The summed E-state index contributed by atoms with van der Waals surface area (Å²) in [6.07, 6.45) is 1.43. The molecule has 0 aliphatic heterocycles. The predicted molar refractivity (Wildman–Crippen MR) is 123 cm³/mol. The summed E-state index contributed by atoms with van der Waals surface area (Å²) in [6, 6.07) is 19.6. The highest BCUT2D eigenvalue weighted by atomic mass is 16.6. The van der Waals surface area contributed by atoms with E-state index < -0.39 is 4.92 Å². The Kier molecular flexibility index (Phi) is 7.53. The number of carbonyl (C=O) groups is 1. The van der Waals surface area contributed by atoms with E-state index in [9.17, 15) is 14.9 Å². The largest absolute Gasteiger partial charge is 0.494 e. The molecular weight excluding hydrogens is 410 g/mol. The first-order chi connectivity index (χ1) is 15.5. The van der Waals surface area contributed by atoms with E-state index >= 15 is 0 Å². The summed E-state index contributed by atoms with van der Waals surface area (Å²) >= 11 is 0. The molecule has 3 aromatic carbocycles. The topological polar surface area (TPSA) is 94.3 Å². The maximum atomic E-state index is 13.2. The Hall–Kier alpha value is -4.20. The van der Waals surface area contributed by atoms with Crippen molar-refractivity contribution in [1.29, 1.82) is 0 Å². The van der Waals surface area contributed by atoms with E-state index in [-0.39, 0.29) is 11.6 Å². The van der Waals surface area contributed by atoms with Gasteiger partial charge in [0, 0.05) is 17.7 Å². The van der Waals surface area contributed by atoms with Gasteiger partial charge < -0.3 is 9.47 Å². The Bertz CT molecular complexity index is 1080. The van der Waals surface area contributed by atoms with Gasteiger partial charge in [-0.05, 0) is 74.5 Å². The van der Waals surface area contributed by atoms with E-state index in [0.29, 0.717) is 35.9 Å². The lowest BCUT2D eigenvalue weighted by Gasteiger charge is -2.18. The third kappa shape index (κ3) is 5.69. The average molecular weight is 433 g/mol. The summed E-state index contributed by atoms with van der Waals surface area (Å²) in [4.78, 5) is 29.4. The molecule has 0 saturated carbocycles. The number of nitro groups is 1. The first-order valence-electron chi connectivity index (χ1n) is 10.1. The first kappa shape index (κ1) is 22.5. The molecule has 0 saturated heterocycles. The van der Waals surface area contributed by atoms with Crippen LogP contribution in [0.25, 0.3) is 0 Å². The number of hydrogen-bond donors (Lipinski definition) is 0. The fourth-order valence-corrected chi connectivity index (χ4v) is 2.89. The predicted octanol–water partition coefficient (Wildman–Crippen LogP) is 5.40. The number of nitro benzene ring substituents is 1. The Labute approximate surface area is 185 Å². The van der Waals surface area contributed by atoms with Crippen molar-refractivity contribution in [3.8, 4) is 11.5 Å². The second-order valence-corrected chi connectivity index (χ2v) is 6.58. The highest BCUT2D eigenvalue weighted by Gasteiger charge is 2.18. The number of aliphatic imine (C=N–C) groups is 1. The Balaban J connectivity index is 1.91. The monoisotopic (exact) mass is 433 g/mol. The summed E-state index contributed by atoms with van der Waals surface area (Å²) in [5.41, 5.74) is 1.42. The number of rotatable bonds is 9. The number of ether oxygens (including phenoxy) is 2. The van der Waals surface area contributed by atoms with Crippen molar-refractivity contribution in [2.24, 2.45) is 4.99 Å². The van der Waals surface area contributed by atoms with Gasteiger partial charge in [0.05, 0.1) is 29.5 Å². The second-order valence-electron chi connectivity index (χ2n) is 6.58. The van der Waals surface area contributed by atoms with Crippen LogP contribution in [0.5, 0.6) is 11.5 Å². The van der Waals surface area contributed by atoms with Crippen molar-refractivity contribution < 1.29 is 19.2 Å². The third-order valence-corrected chi connectivity index (χ3v) is 4.44. The van der Waals surface area contributed by atoms with Gasteiger partial charge in [0.1, 0.15) is 17.8 Å². The van der Waals surface area contributed by atoms with Crippen molar-refractivity contribution in [3.05, 3.63) is 88.5 Å². The highest BCUT2D eigenvalue weighted by Crippen LogP contribution is 2.23. The van der Waals surface area contributed by atoms with Crippen LogP contribution in [-0.2, 0) is 0 Å². The molecule has 1 amide bonds.